The summed E-state index contributed by atoms with van der Waals surface area (Å²) in [5, 5.41) is 15.9. The minimum atomic E-state index is -0.698. The maximum atomic E-state index is 13.7. The molecule has 2 bridgehead atoms. The number of rotatable bonds is 8. The highest BCUT2D eigenvalue weighted by molar-refractivity contribution is 8.02. The minimum absolute atomic E-state index is 0.0293. The van der Waals surface area contributed by atoms with Gasteiger partial charge in [0.2, 0.25) is 17.7 Å². The zero-order chi connectivity index (χ0) is 23.0. The Labute approximate surface area is 197 Å². The van der Waals surface area contributed by atoms with E-state index < -0.39 is 22.6 Å². The third-order valence-corrected chi connectivity index (χ3v) is 9.34. The van der Waals surface area contributed by atoms with Crippen molar-refractivity contribution in [2.75, 3.05) is 25.0 Å². The van der Waals surface area contributed by atoms with Crippen LogP contribution in [0, 0.1) is 17.8 Å². The van der Waals surface area contributed by atoms with Crippen LogP contribution in [0.25, 0.3) is 0 Å². The Balaban J connectivity index is 1.69. The topological polar surface area (TPSA) is 98.7 Å². The number of aliphatic hydroxyl groups excluding tert-OH is 1. The molecule has 3 fully saturated rings. The van der Waals surface area contributed by atoms with Gasteiger partial charge in [0.05, 0.1) is 16.6 Å². The van der Waals surface area contributed by atoms with Crippen LogP contribution in [0.5, 0.6) is 0 Å². The van der Waals surface area contributed by atoms with Gasteiger partial charge < -0.3 is 20.6 Å². The highest BCUT2D eigenvalue weighted by Crippen LogP contribution is 2.68. The normalized spacial score (nSPS) is 32.8. The lowest BCUT2D eigenvalue weighted by Crippen LogP contribution is -2.55. The van der Waals surface area contributed by atoms with Crippen LogP contribution in [0.15, 0.2) is 24.3 Å². The van der Waals surface area contributed by atoms with Crippen molar-refractivity contribution in [1.29, 1.82) is 0 Å². The summed E-state index contributed by atoms with van der Waals surface area (Å²) in [5.41, 5.74) is 0.608. The molecule has 0 aliphatic carbocycles. The highest BCUT2D eigenvalue weighted by Gasteiger charge is 2.75. The summed E-state index contributed by atoms with van der Waals surface area (Å²) in [4.78, 5) is 42.0. The number of aliphatic hydroxyl groups is 1. The molecule has 174 valence electrons. The fraction of sp³-hybridized carbons (Fsp3) is 0.609. The lowest BCUT2D eigenvalue weighted by Gasteiger charge is -2.38. The number of thioether (sulfide) groups is 1. The van der Waals surface area contributed by atoms with Gasteiger partial charge in [-0.05, 0) is 49.4 Å². The SMILES string of the molecule is CCCNC(=O)[C@@H]1[C@@H]2CC(C)C3(S2)C(C(=O)Nc2ccc(Cl)cc2)N(CCCO)C(=O)[C@H]13. The number of benzene rings is 1. The third-order valence-electron chi connectivity index (χ3n) is 7.01. The van der Waals surface area contributed by atoms with E-state index in [1.165, 1.54) is 0 Å². The lowest BCUT2D eigenvalue weighted by molar-refractivity contribution is -0.139. The summed E-state index contributed by atoms with van der Waals surface area (Å²) < 4.78 is -0.651. The number of hydrogen-bond donors (Lipinski definition) is 3. The molecule has 4 rings (SSSR count). The number of nitrogens with zero attached hydrogens (tertiary/aromatic N) is 1. The molecule has 3 amide bonds. The number of hydrogen-bond acceptors (Lipinski definition) is 5. The van der Waals surface area contributed by atoms with Gasteiger partial charge in [-0.15, -0.1) is 11.8 Å². The number of carbonyl (C=O) groups excluding carboxylic acids is 3. The number of fused-ring (bicyclic) bond motifs is 1. The van der Waals surface area contributed by atoms with Crippen LogP contribution in [0.4, 0.5) is 5.69 Å². The predicted molar refractivity (Wildman–Crippen MR) is 125 cm³/mol. The standard InChI is InChI=1S/C23H30ClN3O4S/c1-3-9-25-20(29)17-16-12-13(2)23(32-16)18(17)22(31)27(10-4-11-28)19(23)21(30)26-15-7-5-14(24)6-8-15/h5-8,13,16-19,28H,3-4,9-12H2,1-2H3,(H,25,29)(H,26,30)/t13?,16-,17+,18-,19?,23?/m0/s1. The monoisotopic (exact) mass is 479 g/mol. The smallest absolute Gasteiger partial charge is 0.248 e. The Morgan fingerprint density at radius 2 is 2.00 bits per heavy atom. The fourth-order valence-corrected chi connectivity index (χ4v) is 8.26. The molecule has 3 unspecified atom stereocenters. The number of anilines is 1. The molecule has 1 aromatic carbocycles. The van der Waals surface area contributed by atoms with E-state index in [1.807, 2.05) is 6.92 Å². The summed E-state index contributed by atoms with van der Waals surface area (Å²) in [6.45, 7) is 4.87. The second kappa shape index (κ2) is 9.23. The van der Waals surface area contributed by atoms with E-state index >= 15 is 0 Å². The number of likely N-dealkylation sites (tertiary alicyclic amines) is 1. The fourth-order valence-electron chi connectivity index (χ4n) is 5.71. The minimum Gasteiger partial charge on any atom is -0.396 e. The molecule has 3 aliphatic rings. The number of carbonyl (C=O) groups is 3. The average Bonchev–Trinajstić information content (AvgIpc) is 3.36. The first-order valence-electron chi connectivity index (χ1n) is 11.3. The van der Waals surface area contributed by atoms with Crippen molar-refractivity contribution in [3.8, 4) is 0 Å². The van der Waals surface area contributed by atoms with Gasteiger partial charge in [0.15, 0.2) is 0 Å². The van der Waals surface area contributed by atoms with Gasteiger partial charge >= 0.3 is 0 Å². The molecule has 3 N–H and O–H groups in total. The number of nitrogens with one attached hydrogen (secondary N) is 2. The first-order valence-corrected chi connectivity index (χ1v) is 12.5. The molecule has 3 heterocycles. The van der Waals surface area contributed by atoms with Crippen molar-refractivity contribution < 1.29 is 19.5 Å². The molecule has 0 radical (unpaired) electrons. The first kappa shape index (κ1) is 23.4. The van der Waals surface area contributed by atoms with Crippen molar-refractivity contribution in [3.05, 3.63) is 29.3 Å². The van der Waals surface area contributed by atoms with Gasteiger partial charge in [0, 0.05) is 35.7 Å². The van der Waals surface area contributed by atoms with Gasteiger partial charge in [-0.3, -0.25) is 14.4 Å². The van der Waals surface area contributed by atoms with E-state index in [9.17, 15) is 19.5 Å². The molecule has 1 aromatic rings. The zero-order valence-electron chi connectivity index (χ0n) is 18.3. The third kappa shape index (κ3) is 3.70. The first-order chi connectivity index (χ1) is 15.3. The van der Waals surface area contributed by atoms with Gasteiger partial charge in [-0.25, -0.2) is 0 Å². The van der Waals surface area contributed by atoms with Crippen molar-refractivity contribution >= 4 is 46.8 Å². The van der Waals surface area contributed by atoms with Crippen LogP contribution in [0.3, 0.4) is 0 Å². The molecule has 6 atom stereocenters. The van der Waals surface area contributed by atoms with Crippen LogP contribution in [0.1, 0.15) is 33.1 Å². The quantitative estimate of drug-likeness (QED) is 0.532. The van der Waals surface area contributed by atoms with E-state index in [2.05, 4.69) is 17.6 Å². The van der Waals surface area contributed by atoms with Crippen molar-refractivity contribution in [3.63, 3.8) is 0 Å². The van der Waals surface area contributed by atoms with Crippen LogP contribution in [-0.2, 0) is 14.4 Å². The maximum Gasteiger partial charge on any atom is 0.248 e. The average molecular weight is 480 g/mol. The summed E-state index contributed by atoms with van der Waals surface area (Å²) in [7, 11) is 0. The molecule has 3 aliphatic heterocycles. The molecule has 0 aromatic heterocycles. The van der Waals surface area contributed by atoms with Crippen molar-refractivity contribution in [1.82, 2.24) is 10.2 Å². The Bertz CT molecular complexity index is 898. The van der Waals surface area contributed by atoms with Crippen LogP contribution in [0.2, 0.25) is 5.02 Å². The van der Waals surface area contributed by atoms with E-state index in [-0.39, 0.29) is 42.0 Å². The van der Waals surface area contributed by atoms with E-state index in [0.29, 0.717) is 23.7 Å². The molecular weight excluding hydrogens is 450 g/mol. The molecule has 0 saturated carbocycles. The molecular formula is C23H30ClN3O4S. The summed E-state index contributed by atoms with van der Waals surface area (Å²) >= 11 is 7.62. The summed E-state index contributed by atoms with van der Waals surface area (Å²) in [5.74, 6) is -1.33. The zero-order valence-corrected chi connectivity index (χ0v) is 19.9. The highest BCUT2D eigenvalue weighted by atomic mass is 35.5. The van der Waals surface area contributed by atoms with Gasteiger partial charge in [0.1, 0.15) is 6.04 Å². The molecule has 3 saturated heterocycles. The Morgan fingerprint density at radius 1 is 1.28 bits per heavy atom. The van der Waals surface area contributed by atoms with Gasteiger partial charge in [0.25, 0.3) is 0 Å². The Hall–Kier alpha value is -1.77. The predicted octanol–water partition coefficient (Wildman–Crippen LogP) is 2.52. The summed E-state index contributed by atoms with van der Waals surface area (Å²) in [6.07, 6.45) is 2.01. The molecule has 1 spiro atoms. The molecule has 7 nitrogen and oxygen atoms in total. The molecule has 32 heavy (non-hydrogen) atoms. The van der Waals surface area contributed by atoms with E-state index in [4.69, 9.17) is 11.6 Å². The second-order valence-electron chi connectivity index (χ2n) is 8.95. The van der Waals surface area contributed by atoms with Gasteiger partial charge in [-0.1, -0.05) is 25.4 Å². The van der Waals surface area contributed by atoms with Gasteiger partial charge in [-0.2, -0.15) is 0 Å². The Kier molecular flexibility index (Phi) is 6.75. The largest absolute Gasteiger partial charge is 0.396 e. The number of amides is 3. The Morgan fingerprint density at radius 3 is 2.66 bits per heavy atom. The lowest BCUT2D eigenvalue weighted by atomic mass is 9.66. The molecule has 9 heteroatoms. The van der Waals surface area contributed by atoms with E-state index in [0.717, 1.165) is 12.8 Å². The number of halogens is 1. The van der Waals surface area contributed by atoms with Crippen LogP contribution >= 0.6 is 23.4 Å². The van der Waals surface area contributed by atoms with Crippen molar-refractivity contribution in [2.24, 2.45) is 17.8 Å². The maximum absolute atomic E-state index is 13.7. The second-order valence-corrected chi connectivity index (χ2v) is 10.9. The van der Waals surface area contributed by atoms with Crippen LogP contribution < -0.4 is 10.6 Å². The summed E-state index contributed by atoms with van der Waals surface area (Å²) in [6, 6.07) is 6.17. The van der Waals surface area contributed by atoms with Crippen LogP contribution in [-0.4, -0.2) is 63.5 Å². The van der Waals surface area contributed by atoms with Crippen molar-refractivity contribution in [2.45, 2.75) is 49.1 Å². The van der Waals surface area contributed by atoms with E-state index in [1.54, 1.807) is 40.9 Å².